The molecule has 35 heavy (non-hydrogen) atoms. The molecule has 2 heterocycles. The fourth-order valence-electron chi connectivity index (χ4n) is 4.58. The number of carbonyl (C=O) groups excluding carboxylic acids is 1. The zero-order chi connectivity index (χ0) is 24.8. The smallest absolute Gasteiger partial charge is 0.223 e. The molecule has 0 saturated carbocycles. The first kappa shape index (κ1) is 24.8. The standard InChI is InChI=1S/C25H30F2N4O4/c1-34-24-17-20(3-4-22(24)28-33)35-19-6-10-31(11-7-19)25(32)8-9-29-12-14-30(15-13-29)23-5-2-18(26)16-21(23)27/h2-5,16-17,19H,6-15H2,1H3. The van der Waals surface area contributed by atoms with Crippen LogP contribution in [0.25, 0.3) is 0 Å². The van der Waals surface area contributed by atoms with E-state index < -0.39 is 11.6 Å². The van der Waals surface area contributed by atoms with E-state index in [1.54, 1.807) is 18.2 Å². The molecular weight excluding hydrogens is 458 g/mol. The molecule has 2 fully saturated rings. The minimum atomic E-state index is -0.579. The van der Waals surface area contributed by atoms with Crippen LogP contribution in [0, 0.1) is 16.5 Å². The number of carbonyl (C=O) groups is 1. The van der Waals surface area contributed by atoms with Gasteiger partial charge in [0, 0.05) is 77.2 Å². The van der Waals surface area contributed by atoms with Gasteiger partial charge < -0.3 is 19.3 Å². The summed E-state index contributed by atoms with van der Waals surface area (Å²) in [6.07, 6.45) is 1.87. The quantitative estimate of drug-likeness (QED) is 0.524. The first-order valence-corrected chi connectivity index (χ1v) is 11.8. The largest absolute Gasteiger partial charge is 0.494 e. The van der Waals surface area contributed by atoms with Gasteiger partial charge in [-0.1, -0.05) is 0 Å². The van der Waals surface area contributed by atoms with Crippen LogP contribution in [-0.4, -0.2) is 74.7 Å². The number of likely N-dealkylation sites (tertiary alicyclic amines) is 1. The van der Waals surface area contributed by atoms with E-state index in [9.17, 15) is 18.5 Å². The van der Waals surface area contributed by atoms with Gasteiger partial charge in [0.2, 0.25) is 5.91 Å². The minimum Gasteiger partial charge on any atom is -0.494 e. The van der Waals surface area contributed by atoms with Gasteiger partial charge in [0.25, 0.3) is 0 Å². The topological polar surface area (TPSA) is 74.7 Å². The van der Waals surface area contributed by atoms with Crippen LogP contribution in [-0.2, 0) is 4.79 Å². The van der Waals surface area contributed by atoms with E-state index in [0.717, 1.165) is 32.0 Å². The highest BCUT2D eigenvalue weighted by Gasteiger charge is 2.25. The van der Waals surface area contributed by atoms with Gasteiger partial charge in [-0.25, -0.2) is 8.78 Å². The van der Waals surface area contributed by atoms with Crippen molar-refractivity contribution in [2.24, 2.45) is 5.18 Å². The number of hydrogen-bond donors (Lipinski definition) is 0. The summed E-state index contributed by atoms with van der Waals surface area (Å²) in [5.41, 5.74) is 0.645. The number of methoxy groups -OCH3 is 1. The van der Waals surface area contributed by atoms with Crippen molar-refractivity contribution in [3.8, 4) is 11.5 Å². The Morgan fingerprint density at radius 1 is 1.03 bits per heavy atom. The number of anilines is 1. The molecule has 10 heteroatoms. The van der Waals surface area contributed by atoms with Crippen LogP contribution in [0.4, 0.5) is 20.2 Å². The monoisotopic (exact) mass is 488 g/mol. The van der Waals surface area contributed by atoms with E-state index in [4.69, 9.17) is 9.47 Å². The van der Waals surface area contributed by atoms with Gasteiger partial charge in [0.05, 0.1) is 12.8 Å². The number of nitrogens with zero attached hydrogens (tertiary/aromatic N) is 4. The second-order valence-corrected chi connectivity index (χ2v) is 8.80. The second-order valence-electron chi connectivity index (χ2n) is 8.80. The zero-order valence-corrected chi connectivity index (χ0v) is 19.8. The fourth-order valence-corrected chi connectivity index (χ4v) is 4.58. The maximum Gasteiger partial charge on any atom is 0.223 e. The Hall–Kier alpha value is -3.27. The van der Waals surface area contributed by atoms with Crippen molar-refractivity contribution >= 4 is 17.3 Å². The lowest BCUT2D eigenvalue weighted by Gasteiger charge is -2.37. The van der Waals surface area contributed by atoms with Gasteiger partial charge in [0.15, 0.2) is 5.75 Å². The van der Waals surface area contributed by atoms with Crippen molar-refractivity contribution in [2.45, 2.75) is 25.4 Å². The molecule has 0 radical (unpaired) electrons. The number of benzene rings is 2. The van der Waals surface area contributed by atoms with E-state index in [-0.39, 0.29) is 17.7 Å². The summed E-state index contributed by atoms with van der Waals surface area (Å²) >= 11 is 0. The molecule has 0 aromatic heterocycles. The van der Waals surface area contributed by atoms with Crippen molar-refractivity contribution in [2.75, 3.05) is 57.8 Å². The van der Waals surface area contributed by atoms with E-state index in [1.807, 2.05) is 9.80 Å². The van der Waals surface area contributed by atoms with Gasteiger partial charge in [-0.2, -0.15) is 0 Å². The normalized spacial score (nSPS) is 17.3. The Morgan fingerprint density at radius 3 is 2.43 bits per heavy atom. The lowest BCUT2D eigenvalue weighted by molar-refractivity contribution is -0.133. The highest BCUT2D eigenvalue weighted by atomic mass is 19.1. The molecule has 0 bridgehead atoms. The second kappa shape index (κ2) is 11.4. The number of rotatable bonds is 8. The molecule has 1 amide bonds. The summed E-state index contributed by atoms with van der Waals surface area (Å²) in [5, 5.41) is 2.93. The molecule has 188 valence electrons. The number of nitroso groups, excluding NO2 is 1. The Labute approximate surface area is 203 Å². The van der Waals surface area contributed by atoms with Crippen LogP contribution >= 0.6 is 0 Å². The van der Waals surface area contributed by atoms with E-state index in [2.05, 4.69) is 10.1 Å². The van der Waals surface area contributed by atoms with Gasteiger partial charge in [-0.05, 0) is 29.4 Å². The van der Waals surface area contributed by atoms with Crippen LogP contribution in [0.3, 0.4) is 0 Å². The minimum absolute atomic E-state index is 0.0151. The number of ether oxygens (including phenoxy) is 2. The van der Waals surface area contributed by atoms with E-state index in [0.29, 0.717) is 56.3 Å². The number of hydrogen-bond acceptors (Lipinski definition) is 7. The third kappa shape index (κ3) is 6.25. The van der Waals surface area contributed by atoms with Gasteiger partial charge in [-0.3, -0.25) is 9.69 Å². The lowest BCUT2D eigenvalue weighted by Crippen LogP contribution is -2.48. The van der Waals surface area contributed by atoms with E-state index in [1.165, 1.54) is 19.2 Å². The van der Waals surface area contributed by atoms with Crippen molar-refractivity contribution in [3.05, 3.63) is 52.9 Å². The molecule has 0 unspecified atom stereocenters. The number of halogens is 2. The molecule has 2 saturated heterocycles. The highest BCUT2D eigenvalue weighted by molar-refractivity contribution is 5.76. The summed E-state index contributed by atoms with van der Waals surface area (Å²) in [7, 11) is 1.48. The molecular formula is C25H30F2N4O4. The molecule has 2 aromatic rings. The molecule has 2 aliphatic heterocycles. The van der Waals surface area contributed by atoms with Gasteiger partial charge >= 0.3 is 0 Å². The summed E-state index contributed by atoms with van der Waals surface area (Å²) in [5.74, 6) is -0.0221. The molecule has 4 rings (SSSR count). The Balaban J connectivity index is 1.18. The molecule has 0 N–H and O–H groups in total. The SMILES string of the molecule is COc1cc(OC2CCN(C(=O)CCN3CCN(c4ccc(F)cc4F)CC3)CC2)ccc1N=O. The summed E-state index contributed by atoms with van der Waals surface area (Å²) in [4.78, 5) is 29.5. The summed E-state index contributed by atoms with van der Waals surface area (Å²) < 4.78 is 38.4. The van der Waals surface area contributed by atoms with Crippen molar-refractivity contribution < 1.29 is 23.0 Å². The molecule has 0 spiro atoms. The van der Waals surface area contributed by atoms with E-state index >= 15 is 0 Å². The maximum atomic E-state index is 14.0. The lowest BCUT2D eigenvalue weighted by atomic mass is 10.1. The molecule has 2 aromatic carbocycles. The van der Waals surface area contributed by atoms with Gasteiger partial charge in [-0.15, -0.1) is 4.91 Å². The highest BCUT2D eigenvalue weighted by Crippen LogP contribution is 2.32. The van der Waals surface area contributed by atoms with Crippen LogP contribution in [0.1, 0.15) is 19.3 Å². The van der Waals surface area contributed by atoms with Crippen molar-refractivity contribution in [1.29, 1.82) is 0 Å². The third-order valence-corrected chi connectivity index (χ3v) is 6.61. The average molecular weight is 489 g/mol. The molecule has 8 nitrogen and oxygen atoms in total. The molecule has 2 aliphatic rings. The van der Waals surface area contributed by atoms with Crippen LogP contribution in [0.15, 0.2) is 41.6 Å². The maximum absolute atomic E-state index is 14.0. The fraction of sp³-hybridized carbons (Fsp3) is 0.480. The van der Waals surface area contributed by atoms with Crippen LogP contribution in [0.2, 0.25) is 0 Å². The van der Waals surface area contributed by atoms with Crippen LogP contribution < -0.4 is 14.4 Å². The summed E-state index contributed by atoms with van der Waals surface area (Å²) in [6, 6.07) is 8.57. The van der Waals surface area contributed by atoms with Gasteiger partial charge in [0.1, 0.15) is 29.2 Å². The predicted molar refractivity (Wildman–Crippen MR) is 128 cm³/mol. The Kier molecular flexibility index (Phi) is 8.12. The number of piperidine rings is 1. The Bertz CT molecular complexity index is 1040. The zero-order valence-electron chi connectivity index (χ0n) is 19.8. The average Bonchev–Trinajstić information content (AvgIpc) is 2.88. The summed E-state index contributed by atoms with van der Waals surface area (Å²) in [6.45, 7) is 4.64. The first-order chi connectivity index (χ1) is 17.0. The third-order valence-electron chi connectivity index (χ3n) is 6.61. The first-order valence-electron chi connectivity index (χ1n) is 11.8. The number of piperazine rings is 1. The predicted octanol–water partition coefficient (Wildman–Crippen LogP) is 3.95. The Morgan fingerprint density at radius 2 is 1.77 bits per heavy atom. The molecule has 0 aliphatic carbocycles. The van der Waals surface area contributed by atoms with Crippen LogP contribution in [0.5, 0.6) is 11.5 Å². The van der Waals surface area contributed by atoms with Crippen molar-refractivity contribution in [1.82, 2.24) is 9.80 Å². The number of amides is 1. The van der Waals surface area contributed by atoms with Crippen molar-refractivity contribution in [3.63, 3.8) is 0 Å². The molecule has 0 atom stereocenters.